The van der Waals surface area contributed by atoms with Gasteiger partial charge in [-0.1, -0.05) is 23.7 Å². The zero-order chi connectivity index (χ0) is 15.6. The first-order chi connectivity index (χ1) is 11.3. The van der Waals surface area contributed by atoms with Crippen molar-refractivity contribution in [1.29, 1.82) is 0 Å². The van der Waals surface area contributed by atoms with Crippen LogP contribution in [-0.4, -0.2) is 50.7 Å². The van der Waals surface area contributed by atoms with E-state index in [4.69, 9.17) is 11.6 Å². The number of fused-ring (bicyclic) bond motifs is 1. The molecule has 1 fully saturated rings. The van der Waals surface area contributed by atoms with Gasteiger partial charge in [0, 0.05) is 50.1 Å². The van der Waals surface area contributed by atoms with Crippen LogP contribution in [-0.2, 0) is 6.54 Å². The van der Waals surface area contributed by atoms with Crippen LogP contribution in [0.1, 0.15) is 5.56 Å². The molecule has 0 bridgehead atoms. The molecule has 0 unspecified atom stereocenters. The average Bonchev–Trinajstić information content (AvgIpc) is 3.04. The molecule has 4 rings (SSSR count). The molecule has 1 saturated heterocycles. The van der Waals surface area contributed by atoms with Crippen molar-refractivity contribution in [3.05, 3.63) is 53.6 Å². The second-order valence-electron chi connectivity index (χ2n) is 5.71. The third-order valence-electron chi connectivity index (χ3n) is 4.16. The molecule has 0 spiro atoms. The molecule has 1 aliphatic rings. The van der Waals surface area contributed by atoms with Crippen LogP contribution in [0.15, 0.2) is 43.0 Å². The van der Waals surface area contributed by atoms with Crippen LogP contribution in [0.25, 0.3) is 5.65 Å². The lowest BCUT2D eigenvalue weighted by atomic mass is 10.2. The molecule has 0 aliphatic carbocycles. The lowest BCUT2D eigenvalue weighted by Crippen LogP contribution is -2.46. The van der Waals surface area contributed by atoms with Crippen LogP contribution < -0.4 is 4.90 Å². The summed E-state index contributed by atoms with van der Waals surface area (Å²) in [6.45, 7) is 4.77. The van der Waals surface area contributed by atoms with Crippen LogP contribution in [0.4, 0.5) is 5.82 Å². The highest BCUT2D eigenvalue weighted by atomic mass is 35.5. The van der Waals surface area contributed by atoms with E-state index >= 15 is 0 Å². The molecule has 1 aliphatic heterocycles. The number of piperazine rings is 1. The number of nitrogens with zero attached hydrogens (tertiary/aromatic N) is 6. The SMILES string of the molecule is Clc1cccc(CN2CCN(c3nccn4cnnc34)CC2)c1. The van der Waals surface area contributed by atoms with Gasteiger partial charge >= 0.3 is 0 Å². The number of rotatable bonds is 3. The summed E-state index contributed by atoms with van der Waals surface area (Å²) < 4.78 is 1.90. The van der Waals surface area contributed by atoms with Crippen molar-refractivity contribution in [3.8, 4) is 0 Å². The van der Waals surface area contributed by atoms with E-state index in [2.05, 4.69) is 31.0 Å². The normalized spacial score (nSPS) is 16.1. The highest BCUT2D eigenvalue weighted by Crippen LogP contribution is 2.19. The Bertz CT molecular complexity index is 809. The van der Waals surface area contributed by atoms with Gasteiger partial charge in [-0.2, -0.15) is 0 Å². The Hall–Kier alpha value is -2.18. The van der Waals surface area contributed by atoms with Crippen LogP contribution in [0, 0.1) is 0 Å². The molecule has 6 nitrogen and oxygen atoms in total. The third kappa shape index (κ3) is 3.00. The Labute approximate surface area is 139 Å². The first kappa shape index (κ1) is 14.4. The van der Waals surface area contributed by atoms with E-state index in [-0.39, 0.29) is 0 Å². The van der Waals surface area contributed by atoms with Gasteiger partial charge in [-0.25, -0.2) is 4.98 Å². The van der Waals surface area contributed by atoms with Crippen LogP contribution in [0.5, 0.6) is 0 Å². The van der Waals surface area contributed by atoms with E-state index in [1.807, 2.05) is 28.8 Å². The zero-order valence-electron chi connectivity index (χ0n) is 12.6. The summed E-state index contributed by atoms with van der Waals surface area (Å²) >= 11 is 6.06. The van der Waals surface area contributed by atoms with E-state index in [0.29, 0.717) is 0 Å². The number of hydrogen-bond acceptors (Lipinski definition) is 5. The fourth-order valence-corrected chi connectivity index (χ4v) is 3.19. The highest BCUT2D eigenvalue weighted by Gasteiger charge is 2.20. The van der Waals surface area contributed by atoms with Crippen molar-refractivity contribution >= 4 is 23.1 Å². The van der Waals surface area contributed by atoms with Gasteiger partial charge in [0.05, 0.1) is 0 Å². The summed E-state index contributed by atoms with van der Waals surface area (Å²) in [7, 11) is 0. The van der Waals surface area contributed by atoms with Gasteiger partial charge in [-0.05, 0) is 17.7 Å². The molecule has 7 heteroatoms. The minimum absolute atomic E-state index is 0.795. The van der Waals surface area contributed by atoms with Gasteiger partial charge in [-0.15, -0.1) is 10.2 Å². The Morgan fingerprint density at radius 3 is 2.83 bits per heavy atom. The van der Waals surface area contributed by atoms with Gasteiger partial charge in [0.15, 0.2) is 5.82 Å². The summed E-state index contributed by atoms with van der Waals surface area (Å²) in [5.74, 6) is 0.910. The Morgan fingerprint density at radius 1 is 1.13 bits per heavy atom. The molecule has 2 aromatic heterocycles. The topological polar surface area (TPSA) is 49.6 Å². The second kappa shape index (κ2) is 6.14. The van der Waals surface area contributed by atoms with Gasteiger partial charge in [0.1, 0.15) is 6.33 Å². The molecular formula is C16H17ClN6. The predicted octanol–water partition coefficient (Wildman–Crippen LogP) is 2.10. The lowest BCUT2D eigenvalue weighted by molar-refractivity contribution is 0.249. The van der Waals surface area contributed by atoms with Crippen LogP contribution in [0.3, 0.4) is 0 Å². The Morgan fingerprint density at radius 2 is 2.00 bits per heavy atom. The molecule has 1 aromatic carbocycles. The van der Waals surface area contributed by atoms with Gasteiger partial charge in [-0.3, -0.25) is 9.30 Å². The van der Waals surface area contributed by atoms with Crippen molar-refractivity contribution in [1.82, 2.24) is 24.5 Å². The first-order valence-corrected chi connectivity index (χ1v) is 8.03. The Kier molecular flexibility index (Phi) is 3.85. The average molecular weight is 329 g/mol. The molecule has 0 atom stereocenters. The molecule has 118 valence electrons. The summed E-state index contributed by atoms with van der Waals surface area (Å²) in [5.41, 5.74) is 2.07. The van der Waals surface area contributed by atoms with E-state index in [9.17, 15) is 0 Å². The number of halogens is 1. The van der Waals surface area contributed by atoms with Crippen molar-refractivity contribution < 1.29 is 0 Å². The molecule has 3 heterocycles. The van der Waals surface area contributed by atoms with Crippen molar-refractivity contribution in [3.63, 3.8) is 0 Å². The molecule has 3 aromatic rings. The fraction of sp³-hybridized carbons (Fsp3) is 0.312. The smallest absolute Gasteiger partial charge is 0.203 e. The second-order valence-corrected chi connectivity index (χ2v) is 6.14. The number of anilines is 1. The largest absolute Gasteiger partial charge is 0.351 e. The molecule has 23 heavy (non-hydrogen) atoms. The monoisotopic (exact) mass is 328 g/mol. The van der Waals surface area contributed by atoms with Crippen molar-refractivity contribution in [2.45, 2.75) is 6.54 Å². The summed E-state index contributed by atoms with van der Waals surface area (Å²) in [4.78, 5) is 9.20. The van der Waals surface area contributed by atoms with E-state index < -0.39 is 0 Å². The van der Waals surface area contributed by atoms with E-state index in [0.717, 1.165) is 49.2 Å². The first-order valence-electron chi connectivity index (χ1n) is 7.66. The van der Waals surface area contributed by atoms with Crippen molar-refractivity contribution in [2.75, 3.05) is 31.1 Å². The molecular weight excluding hydrogens is 312 g/mol. The Balaban J connectivity index is 1.44. The third-order valence-corrected chi connectivity index (χ3v) is 4.40. The standard InChI is InChI=1S/C16H17ClN6/c17-14-3-1-2-13(10-14)11-21-6-8-22(9-7-21)15-16-20-19-12-23(16)5-4-18-15/h1-5,10,12H,6-9,11H2. The number of benzene rings is 1. The highest BCUT2D eigenvalue weighted by molar-refractivity contribution is 6.30. The van der Waals surface area contributed by atoms with Gasteiger partial charge < -0.3 is 4.90 Å². The molecule has 0 amide bonds. The quantitative estimate of drug-likeness (QED) is 0.737. The maximum absolute atomic E-state index is 6.06. The maximum Gasteiger partial charge on any atom is 0.203 e. The summed E-state index contributed by atoms with van der Waals surface area (Å²) in [5, 5.41) is 8.93. The lowest BCUT2D eigenvalue weighted by Gasteiger charge is -2.35. The summed E-state index contributed by atoms with van der Waals surface area (Å²) in [6, 6.07) is 8.07. The van der Waals surface area contributed by atoms with Gasteiger partial charge in [0.2, 0.25) is 5.65 Å². The minimum Gasteiger partial charge on any atom is -0.351 e. The van der Waals surface area contributed by atoms with E-state index in [1.54, 1.807) is 12.5 Å². The number of aromatic nitrogens is 4. The molecule has 0 radical (unpaired) electrons. The number of hydrogen-bond donors (Lipinski definition) is 0. The zero-order valence-corrected chi connectivity index (χ0v) is 13.4. The van der Waals surface area contributed by atoms with Crippen LogP contribution in [0.2, 0.25) is 5.02 Å². The van der Waals surface area contributed by atoms with Gasteiger partial charge in [0.25, 0.3) is 0 Å². The predicted molar refractivity (Wildman–Crippen MR) is 89.7 cm³/mol. The molecule has 0 N–H and O–H groups in total. The van der Waals surface area contributed by atoms with E-state index in [1.165, 1.54) is 5.56 Å². The fourth-order valence-electron chi connectivity index (χ4n) is 2.98. The van der Waals surface area contributed by atoms with Crippen molar-refractivity contribution in [2.24, 2.45) is 0 Å². The maximum atomic E-state index is 6.06. The minimum atomic E-state index is 0.795. The van der Waals surface area contributed by atoms with Crippen LogP contribution >= 0.6 is 11.6 Å². The molecule has 0 saturated carbocycles. The summed E-state index contributed by atoms with van der Waals surface area (Å²) in [6.07, 6.45) is 5.37.